The van der Waals surface area contributed by atoms with E-state index in [1.165, 1.54) is 0 Å². The molecule has 0 aliphatic carbocycles. The quantitative estimate of drug-likeness (QED) is 0.677. The van der Waals surface area contributed by atoms with Crippen molar-refractivity contribution in [2.75, 3.05) is 39.3 Å². The number of hydrogen-bond donors (Lipinski definition) is 1. The number of hydrogen-bond acceptors (Lipinski definition) is 4. The smallest absolute Gasteiger partial charge is 0.329 e. The van der Waals surface area contributed by atoms with Crippen molar-refractivity contribution in [2.24, 2.45) is 0 Å². The summed E-state index contributed by atoms with van der Waals surface area (Å²) >= 11 is 0. The van der Waals surface area contributed by atoms with Crippen molar-refractivity contribution in [1.29, 1.82) is 0 Å². The Morgan fingerprint density at radius 2 is 1.48 bits per heavy atom. The maximum absolute atomic E-state index is 13.2. The molecular weight excluding hydrogens is 368 g/mol. The third-order valence-corrected chi connectivity index (χ3v) is 5.54. The van der Waals surface area contributed by atoms with Crippen LogP contribution < -0.4 is 5.69 Å². The Hall–Kier alpha value is -2.90. The molecule has 0 spiro atoms. The molecule has 1 aliphatic rings. The SMILES string of the molecule is O=C(Cn1c(=O)n(Cc2ccccc2)c2ccccc21)N1CCN(CCO)CC1. The Labute approximate surface area is 169 Å². The van der Waals surface area contributed by atoms with Crippen molar-refractivity contribution >= 4 is 16.9 Å². The molecule has 1 saturated heterocycles. The van der Waals surface area contributed by atoms with Gasteiger partial charge in [0.05, 0.1) is 24.2 Å². The van der Waals surface area contributed by atoms with Crippen molar-refractivity contribution in [1.82, 2.24) is 18.9 Å². The molecule has 1 amide bonds. The molecule has 1 N–H and O–H groups in total. The molecule has 2 aromatic carbocycles. The number of imidazole rings is 1. The Morgan fingerprint density at radius 1 is 0.862 bits per heavy atom. The molecule has 0 bridgehead atoms. The summed E-state index contributed by atoms with van der Waals surface area (Å²) in [5.41, 5.74) is 2.49. The Kier molecular flexibility index (Phi) is 5.78. The second-order valence-electron chi connectivity index (χ2n) is 7.38. The Bertz CT molecular complexity index is 1030. The van der Waals surface area contributed by atoms with E-state index >= 15 is 0 Å². The minimum absolute atomic E-state index is 0.0428. The molecule has 0 unspecified atom stereocenters. The molecule has 2 heterocycles. The highest BCUT2D eigenvalue weighted by molar-refractivity contribution is 5.81. The predicted molar refractivity (Wildman–Crippen MR) is 112 cm³/mol. The van der Waals surface area contributed by atoms with E-state index in [0.717, 1.165) is 29.7 Å². The lowest BCUT2D eigenvalue weighted by atomic mass is 10.2. The van der Waals surface area contributed by atoms with E-state index in [2.05, 4.69) is 4.90 Å². The monoisotopic (exact) mass is 394 g/mol. The van der Waals surface area contributed by atoms with Gasteiger partial charge < -0.3 is 10.0 Å². The number of benzene rings is 2. The van der Waals surface area contributed by atoms with Gasteiger partial charge in [-0.15, -0.1) is 0 Å². The lowest BCUT2D eigenvalue weighted by Gasteiger charge is -2.34. The lowest BCUT2D eigenvalue weighted by molar-refractivity contribution is -0.133. The molecule has 7 nitrogen and oxygen atoms in total. The van der Waals surface area contributed by atoms with E-state index in [0.29, 0.717) is 26.2 Å². The third-order valence-electron chi connectivity index (χ3n) is 5.54. The number of para-hydroxylation sites is 2. The first-order chi connectivity index (χ1) is 14.2. The van der Waals surface area contributed by atoms with E-state index in [-0.39, 0.29) is 24.7 Å². The summed E-state index contributed by atoms with van der Waals surface area (Å²) in [5.74, 6) is -0.0432. The molecule has 1 aromatic heterocycles. The van der Waals surface area contributed by atoms with Gasteiger partial charge in [0.15, 0.2) is 0 Å². The molecule has 1 aliphatic heterocycles. The number of piperazine rings is 1. The second-order valence-corrected chi connectivity index (χ2v) is 7.38. The van der Waals surface area contributed by atoms with Crippen LogP contribution in [0.4, 0.5) is 0 Å². The number of β-amino-alcohol motifs (C(OH)–C–C–N with tert-alkyl or cyclic N) is 1. The van der Waals surface area contributed by atoms with Crippen LogP contribution in [0.2, 0.25) is 0 Å². The Morgan fingerprint density at radius 3 is 2.14 bits per heavy atom. The van der Waals surface area contributed by atoms with E-state index < -0.39 is 0 Å². The first kappa shape index (κ1) is 19.4. The molecule has 0 saturated carbocycles. The standard InChI is InChI=1S/C22H26N4O3/c27-15-14-23-10-12-24(13-11-23)21(28)17-26-20-9-5-4-8-19(20)25(22(26)29)16-18-6-2-1-3-7-18/h1-9,27H,10-17H2. The van der Waals surface area contributed by atoms with Gasteiger partial charge in [-0.2, -0.15) is 0 Å². The van der Waals surface area contributed by atoms with Crippen molar-refractivity contribution < 1.29 is 9.90 Å². The normalized spacial score (nSPS) is 15.1. The number of aromatic nitrogens is 2. The van der Waals surface area contributed by atoms with Crippen LogP contribution >= 0.6 is 0 Å². The molecule has 4 rings (SSSR count). The minimum Gasteiger partial charge on any atom is -0.395 e. The fraction of sp³-hybridized carbons (Fsp3) is 0.364. The lowest BCUT2D eigenvalue weighted by Crippen LogP contribution is -2.50. The fourth-order valence-electron chi connectivity index (χ4n) is 3.94. The topological polar surface area (TPSA) is 70.7 Å². The number of amides is 1. The molecule has 7 heteroatoms. The zero-order valence-electron chi connectivity index (χ0n) is 16.4. The van der Waals surface area contributed by atoms with E-state index in [4.69, 9.17) is 5.11 Å². The van der Waals surface area contributed by atoms with Crippen LogP contribution in [-0.2, 0) is 17.9 Å². The van der Waals surface area contributed by atoms with E-state index in [1.54, 1.807) is 9.13 Å². The number of carbonyl (C=O) groups is 1. The molecule has 29 heavy (non-hydrogen) atoms. The van der Waals surface area contributed by atoms with Crippen molar-refractivity contribution in [3.8, 4) is 0 Å². The molecular formula is C22H26N4O3. The van der Waals surface area contributed by atoms with Crippen molar-refractivity contribution in [3.63, 3.8) is 0 Å². The molecule has 0 radical (unpaired) electrons. The van der Waals surface area contributed by atoms with Gasteiger partial charge in [-0.05, 0) is 17.7 Å². The van der Waals surface area contributed by atoms with Crippen LogP contribution in [-0.4, -0.2) is 69.3 Å². The zero-order chi connectivity index (χ0) is 20.2. The zero-order valence-corrected chi connectivity index (χ0v) is 16.4. The first-order valence-electron chi connectivity index (χ1n) is 10.0. The summed E-state index contributed by atoms with van der Waals surface area (Å²) in [6.45, 7) is 4.02. The van der Waals surface area contributed by atoms with Gasteiger partial charge in [0.1, 0.15) is 6.54 Å². The number of rotatable bonds is 6. The van der Waals surface area contributed by atoms with Gasteiger partial charge in [0.2, 0.25) is 5.91 Å². The number of aliphatic hydroxyl groups excluding tert-OH is 1. The minimum atomic E-state index is -0.165. The van der Waals surface area contributed by atoms with Crippen molar-refractivity contribution in [3.05, 3.63) is 70.6 Å². The summed E-state index contributed by atoms with van der Waals surface area (Å²) in [6.07, 6.45) is 0. The van der Waals surface area contributed by atoms with Crippen LogP contribution in [0, 0.1) is 0 Å². The molecule has 3 aromatic rings. The summed E-state index contributed by atoms with van der Waals surface area (Å²) in [7, 11) is 0. The molecule has 0 atom stereocenters. The van der Waals surface area contributed by atoms with Crippen LogP contribution in [0.25, 0.3) is 11.0 Å². The molecule has 1 fully saturated rings. The number of nitrogens with zero attached hydrogens (tertiary/aromatic N) is 4. The predicted octanol–water partition coefficient (Wildman–Crippen LogP) is 0.988. The number of aliphatic hydroxyl groups is 1. The highest BCUT2D eigenvalue weighted by atomic mass is 16.3. The highest BCUT2D eigenvalue weighted by Crippen LogP contribution is 2.15. The van der Waals surface area contributed by atoms with Crippen molar-refractivity contribution in [2.45, 2.75) is 13.1 Å². The number of fused-ring (bicyclic) bond motifs is 1. The summed E-state index contributed by atoms with van der Waals surface area (Å²) in [4.78, 5) is 30.0. The summed E-state index contributed by atoms with van der Waals surface area (Å²) in [6, 6.07) is 17.5. The van der Waals surface area contributed by atoms with E-state index in [1.807, 2.05) is 59.5 Å². The Balaban J connectivity index is 1.57. The average Bonchev–Trinajstić information content (AvgIpc) is 3.01. The summed E-state index contributed by atoms with van der Waals surface area (Å²) < 4.78 is 3.32. The molecule has 152 valence electrons. The summed E-state index contributed by atoms with van der Waals surface area (Å²) in [5, 5.41) is 9.07. The van der Waals surface area contributed by atoms with Crippen LogP contribution in [0.1, 0.15) is 5.56 Å². The highest BCUT2D eigenvalue weighted by Gasteiger charge is 2.23. The van der Waals surface area contributed by atoms with Gasteiger partial charge in [0, 0.05) is 32.7 Å². The van der Waals surface area contributed by atoms with Crippen LogP contribution in [0.5, 0.6) is 0 Å². The van der Waals surface area contributed by atoms with Gasteiger partial charge in [0.25, 0.3) is 0 Å². The van der Waals surface area contributed by atoms with E-state index in [9.17, 15) is 9.59 Å². The second kappa shape index (κ2) is 8.63. The van der Waals surface area contributed by atoms with Gasteiger partial charge >= 0.3 is 5.69 Å². The first-order valence-corrected chi connectivity index (χ1v) is 10.0. The maximum atomic E-state index is 13.2. The van der Waals surface area contributed by atoms with Crippen LogP contribution in [0.3, 0.4) is 0 Å². The van der Waals surface area contributed by atoms with Gasteiger partial charge in [-0.3, -0.25) is 18.8 Å². The van der Waals surface area contributed by atoms with Gasteiger partial charge in [-0.25, -0.2) is 4.79 Å². The third kappa shape index (κ3) is 4.11. The average molecular weight is 394 g/mol. The largest absolute Gasteiger partial charge is 0.395 e. The maximum Gasteiger partial charge on any atom is 0.329 e. The fourth-order valence-corrected chi connectivity index (χ4v) is 3.94. The van der Waals surface area contributed by atoms with Crippen LogP contribution in [0.15, 0.2) is 59.4 Å². The number of carbonyl (C=O) groups excluding carboxylic acids is 1. The van der Waals surface area contributed by atoms with Gasteiger partial charge in [-0.1, -0.05) is 42.5 Å².